The first-order valence-corrected chi connectivity index (χ1v) is 9.44. The van der Waals surface area contributed by atoms with E-state index in [4.69, 9.17) is 10.5 Å². The first kappa shape index (κ1) is 24.2. The average molecular weight is 475 g/mol. The predicted molar refractivity (Wildman–Crippen MR) is 102 cm³/mol. The van der Waals surface area contributed by atoms with Crippen molar-refractivity contribution in [3.05, 3.63) is 58.6 Å². The Balaban J connectivity index is 2.05. The molecule has 0 saturated carbocycles. The Morgan fingerprint density at radius 3 is 2.48 bits per heavy atom. The lowest BCUT2D eigenvalue weighted by atomic mass is 9.77. The minimum absolute atomic E-state index is 0.120. The Morgan fingerprint density at radius 2 is 1.91 bits per heavy atom. The van der Waals surface area contributed by atoms with Gasteiger partial charge in [0.1, 0.15) is 6.10 Å². The van der Waals surface area contributed by atoms with Crippen molar-refractivity contribution in [1.29, 1.82) is 0 Å². The van der Waals surface area contributed by atoms with E-state index < -0.39 is 70.2 Å². The Hall–Kier alpha value is -3.48. The number of phenols is 1. The highest BCUT2D eigenvalue weighted by Gasteiger charge is 2.65. The molecule has 0 unspecified atom stereocenters. The molecule has 1 fully saturated rings. The maximum Gasteiger partial charge on any atom is 0.417 e. The largest absolute Gasteiger partial charge is 0.618 e. The molecule has 1 aromatic heterocycles. The SMILES string of the molecule is C[C@H]1[C@@H](c2ccc(F)c(F)c2O)[C@H](C(=O)Nc2cc[n+]([O-])c(C(N)=O)c2)O[C@@]1(C)C(F)(F)F. The number of benzene rings is 1. The second kappa shape index (κ2) is 8.14. The van der Waals surface area contributed by atoms with E-state index in [1.807, 2.05) is 0 Å². The molecular weight excluding hydrogens is 457 g/mol. The third-order valence-electron chi connectivity index (χ3n) is 5.83. The zero-order valence-corrected chi connectivity index (χ0v) is 17.1. The monoisotopic (exact) mass is 475 g/mol. The summed E-state index contributed by atoms with van der Waals surface area (Å²) in [6.45, 7) is 1.79. The van der Waals surface area contributed by atoms with Gasteiger partial charge in [-0.25, -0.2) is 4.39 Å². The zero-order chi connectivity index (χ0) is 24.9. The molecule has 3 rings (SSSR count). The molecule has 178 valence electrons. The van der Waals surface area contributed by atoms with Crippen LogP contribution in [0.5, 0.6) is 5.75 Å². The van der Waals surface area contributed by atoms with Crippen LogP contribution in [-0.2, 0) is 9.53 Å². The molecule has 4 atom stereocenters. The van der Waals surface area contributed by atoms with Crippen molar-refractivity contribution in [3.8, 4) is 5.75 Å². The average Bonchev–Trinajstić information content (AvgIpc) is 3.00. The number of primary amides is 1. The number of ether oxygens (including phenoxy) is 1. The lowest BCUT2D eigenvalue weighted by Crippen LogP contribution is -2.47. The van der Waals surface area contributed by atoms with Gasteiger partial charge in [0.2, 0.25) is 5.82 Å². The number of aromatic hydroxyl groups is 1. The molecule has 2 heterocycles. The van der Waals surface area contributed by atoms with Gasteiger partial charge >= 0.3 is 12.1 Å². The molecule has 1 aliphatic heterocycles. The van der Waals surface area contributed by atoms with Crippen molar-refractivity contribution in [2.45, 2.75) is 37.6 Å². The topological polar surface area (TPSA) is 129 Å². The standard InChI is InChI=1S/C20H18F5N3O5/c1-8-13(10-3-4-11(21)14(22)15(10)29)16(33-19(8,2)20(23,24)25)18(31)27-9-5-6-28(32)12(7-9)17(26)30/h3-8,13,16,29H,1-2H3,(H2,26,30)(H,27,31)/t8-,13-,16+,19+/m0/s1. The molecule has 0 radical (unpaired) electrons. The fourth-order valence-electron chi connectivity index (χ4n) is 3.81. The third kappa shape index (κ3) is 4.03. The Labute approximate surface area is 183 Å². The molecular formula is C20H18F5N3O5. The molecule has 0 aliphatic carbocycles. The summed E-state index contributed by atoms with van der Waals surface area (Å²) >= 11 is 0. The summed E-state index contributed by atoms with van der Waals surface area (Å²) in [6.07, 6.45) is -6.04. The van der Waals surface area contributed by atoms with E-state index in [-0.39, 0.29) is 10.4 Å². The molecule has 8 nitrogen and oxygen atoms in total. The molecule has 33 heavy (non-hydrogen) atoms. The molecule has 2 amide bonds. The molecule has 1 saturated heterocycles. The first-order valence-electron chi connectivity index (χ1n) is 9.44. The number of alkyl halides is 3. The molecule has 13 heteroatoms. The second-order valence-electron chi connectivity index (χ2n) is 7.74. The van der Waals surface area contributed by atoms with Gasteiger partial charge < -0.3 is 26.1 Å². The van der Waals surface area contributed by atoms with Crippen LogP contribution in [0.25, 0.3) is 0 Å². The van der Waals surface area contributed by atoms with Crippen LogP contribution in [0.2, 0.25) is 0 Å². The number of nitrogens with zero attached hydrogens (tertiary/aromatic N) is 1. The normalized spacial score (nSPS) is 25.1. The molecule has 2 aromatic rings. The van der Waals surface area contributed by atoms with Crippen molar-refractivity contribution in [1.82, 2.24) is 0 Å². The zero-order valence-electron chi connectivity index (χ0n) is 17.1. The molecule has 0 bridgehead atoms. The summed E-state index contributed by atoms with van der Waals surface area (Å²) in [7, 11) is 0. The maximum atomic E-state index is 14.0. The minimum Gasteiger partial charge on any atom is -0.618 e. The van der Waals surface area contributed by atoms with E-state index in [9.17, 15) is 41.9 Å². The summed E-state index contributed by atoms with van der Waals surface area (Å²) in [4.78, 5) is 24.3. The summed E-state index contributed by atoms with van der Waals surface area (Å²) in [5, 5.41) is 23.9. The molecule has 1 aliphatic rings. The van der Waals surface area contributed by atoms with Crippen molar-refractivity contribution in [2.75, 3.05) is 5.32 Å². The predicted octanol–water partition coefficient (Wildman–Crippen LogP) is 2.48. The molecule has 4 N–H and O–H groups in total. The summed E-state index contributed by atoms with van der Waals surface area (Å²) < 4.78 is 74.2. The van der Waals surface area contributed by atoms with Gasteiger partial charge in [0, 0.05) is 29.5 Å². The van der Waals surface area contributed by atoms with Gasteiger partial charge in [-0.15, -0.1) is 0 Å². The van der Waals surface area contributed by atoms with Gasteiger partial charge in [-0.2, -0.15) is 22.3 Å². The number of phenolic OH excluding ortho intramolecular Hbond substituents is 1. The number of nitrogens with one attached hydrogen (secondary N) is 1. The van der Waals surface area contributed by atoms with Crippen LogP contribution < -0.4 is 15.8 Å². The van der Waals surface area contributed by atoms with E-state index >= 15 is 0 Å². The number of hydrogen-bond acceptors (Lipinski definition) is 5. The van der Waals surface area contributed by atoms with E-state index in [2.05, 4.69) is 5.32 Å². The number of carbonyl (C=O) groups excluding carboxylic acids is 2. The first-order chi connectivity index (χ1) is 15.2. The number of nitrogens with two attached hydrogens (primary N) is 1. The summed E-state index contributed by atoms with van der Waals surface area (Å²) in [5.74, 6) is -9.71. The number of amides is 2. The van der Waals surface area contributed by atoms with E-state index in [1.54, 1.807) is 0 Å². The Bertz CT molecular complexity index is 1130. The van der Waals surface area contributed by atoms with Gasteiger partial charge in [0.25, 0.3) is 11.6 Å². The van der Waals surface area contributed by atoms with Crippen LogP contribution in [0.1, 0.15) is 35.8 Å². The smallest absolute Gasteiger partial charge is 0.417 e. The van der Waals surface area contributed by atoms with Gasteiger partial charge in [-0.1, -0.05) is 13.0 Å². The maximum absolute atomic E-state index is 14.0. The lowest BCUT2D eigenvalue weighted by molar-refractivity contribution is -0.607. The summed E-state index contributed by atoms with van der Waals surface area (Å²) in [5.41, 5.74) is 1.00. The van der Waals surface area contributed by atoms with Crippen molar-refractivity contribution in [2.24, 2.45) is 11.7 Å². The van der Waals surface area contributed by atoms with Crippen LogP contribution in [0, 0.1) is 22.8 Å². The quantitative estimate of drug-likeness (QED) is 0.356. The van der Waals surface area contributed by atoms with Crippen molar-refractivity contribution in [3.63, 3.8) is 0 Å². The number of carbonyl (C=O) groups is 2. The number of hydrogen-bond donors (Lipinski definition) is 3. The van der Waals surface area contributed by atoms with Crippen LogP contribution in [-0.4, -0.2) is 34.8 Å². The number of halogens is 5. The third-order valence-corrected chi connectivity index (χ3v) is 5.83. The van der Waals surface area contributed by atoms with Crippen LogP contribution in [0.3, 0.4) is 0 Å². The van der Waals surface area contributed by atoms with E-state index in [0.29, 0.717) is 13.0 Å². The van der Waals surface area contributed by atoms with Gasteiger partial charge in [-0.05, 0) is 13.0 Å². The van der Waals surface area contributed by atoms with Crippen molar-refractivity contribution >= 4 is 17.5 Å². The number of rotatable bonds is 4. The number of pyridine rings is 1. The van der Waals surface area contributed by atoms with E-state index in [0.717, 1.165) is 31.3 Å². The molecule has 1 aromatic carbocycles. The number of aromatic nitrogens is 1. The van der Waals surface area contributed by atoms with Crippen LogP contribution in [0.4, 0.5) is 27.6 Å². The Morgan fingerprint density at radius 1 is 1.27 bits per heavy atom. The van der Waals surface area contributed by atoms with E-state index in [1.165, 1.54) is 0 Å². The molecule has 0 spiro atoms. The fourth-order valence-corrected chi connectivity index (χ4v) is 3.81. The highest BCUT2D eigenvalue weighted by Crippen LogP contribution is 2.54. The van der Waals surface area contributed by atoms with Crippen molar-refractivity contribution < 1.29 is 46.1 Å². The fraction of sp³-hybridized carbons (Fsp3) is 0.350. The minimum atomic E-state index is -4.96. The lowest BCUT2D eigenvalue weighted by Gasteiger charge is -2.31. The second-order valence-corrected chi connectivity index (χ2v) is 7.74. The van der Waals surface area contributed by atoms with Crippen LogP contribution >= 0.6 is 0 Å². The van der Waals surface area contributed by atoms with Gasteiger partial charge in [0.05, 0.1) is 5.69 Å². The summed E-state index contributed by atoms with van der Waals surface area (Å²) in [6, 6.07) is 3.44. The number of anilines is 1. The highest BCUT2D eigenvalue weighted by atomic mass is 19.4. The Kier molecular flexibility index (Phi) is 5.96. The highest BCUT2D eigenvalue weighted by molar-refractivity contribution is 5.97. The van der Waals surface area contributed by atoms with Crippen LogP contribution in [0.15, 0.2) is 30.5 Å². The van der Waals surface area contributed by atoms with Gasteiger partial charge in [0.15, 0.2) is 23.4 Å². The van der Waals surface area contributed by atoms with Gasteiger partial charge in [-0.3, -0.25) is 9.59 Å².